The molecule has 0 radical (unpaired) electrons. The number of thiazole rings is 1. The Morgan fingerprint density at radius 1 is 0.909 bits per heavy atom. The second-order valence-electron chi connectivity index (χ2n) is 7.42. The maximum absolute atomic E-state index is 12.6. The average Bonchev–Trinajstić information content (AvgIpc) is 3.40. The SMILES string of the molecule is O=C(CN1C(=O)c2ccccc2C1=O)Nc1cccc(-c2csc(-c3ccc(Cl)cc3)n2)c1. The predicted octanol–water partition coefficient (Wildman–Crippen LogP) is 5.37. The second kappa shape index (κ2) is 8.61. The van der Waals surface area contributed by atoms with Gasteiger partial charge in [0.1, 0.15) is 11.6 Å². The number of benzene rings is 3. The number of amides is 3. The largest absolute Gasteiger partial charge is 0.325 e. The molecule has 33 heavy (non-hydrogen) atoms. The molecule has 4 aromatic rings. The molecule has 1 aliphatic rings. The van der Waals surface area contributed by atoms with Crippen molar-refractivity contribution < 1.29 is 14.4 Å². The van der Waals surface area contributed by atoms with E-state index in [1.165, 1.54) is 11.3 Å². The molecule has 0 saturated heterocycles. The lowest BCUT2D eigenvalue weighted by Gasteiger charge is -2.14. The summed E-state index contributed by atoms with van der Waals surface area (Å²) in [5, 5.41) is 6.25. The number of hydrogen-bond acceptors (Lipinski definition) is 5. The van der Waals surface area contributed by atoms with Crippen LogP contribution in [0, 0.1) is 0 Å². The molecule has 6 nitrogen and oxygen atoms in total. The molecular weight excluding hydrogens is 458 g/mol. The van der Waals surface area contributed by atoms with Crippen LogP contribution in [-0.4, -0.2) is 34.2 Å². The van der Waals surface area contributed by atoms with Crippen molar-refractivity contribution >= 4 is 46.3 Å². The zero-order valence-corrected chi connectivity index (χ0v) is 18.7. The highest BCUT2D eigenvalue weighted by Crippen LogP contribution is 2.30. The summed E-state index contributed by atoms with van der Waals surface area (Å²) in [4.78, 5) is 43.2. The maximum atomic E-state index is 12.6. The highest BCUT2D eigenvalue weighted by molar-refractivity contribution is 7.13. The van der Waals surface area contributed by atoms with E-state index in [0.717, 1.165) is 26.7 Å². The highest BCUT2D eigenvalue weighted by Gasteiger charge is 2.36. The third kappa shape index (κ3) is 4.16. The molecule has 1 aromatic heterocycles. The van der Waals surface area contributed by atoms with Gasteiger partial charge in [0.15, 0.2) is 0 Å². The lowest BCUT2D eigenvalue weighted by molar-refractivity contribution is -0.116. The molecule has 0 atom stereocenters. The Morgan fingerprint density at radius 3 is 2.30 bits per heavy atom. The third-order valence-corrected chi connectivity index (χ3v) is 6.36. The number of imide groups is 1. The lowest BCUT2D eigenvalue weighted by Crippen LogP contribution is -2.37. The number of aromatic nitrogens is 1. The van der Waals surface area contributed by atoms with Crippen LogP contribution in [0.3, 0.4) is 0 Å². The predicted molar refractivity (Wildman–Crippen MR) is 128 cm³/mol. The van der Waals surface area contributed by atoms with E-state index in [0.29, 0.717) is 21.8 Å². The Kier molecular flexibility index (Phi) is 5.50. The molecule has 2 heterocycles. The van der Waals surface area contributed by atoms with Crippen molar-refractivity contribution in [3.8, 4) is 21.8 Å². The molecule has 0 saturated carbocycles. The van der Waals surface area contributed by atoms with E-state index in [2.05, 4.69) is 5.32 Å². The normalized spacial score (nSPS) is 12.7. The van der Waals surface area contributed by atoms with Crippen LogP contribution in [0.15, 0.2) is 78.2 Å². The Balaban J connectivity index is 1.29. The highest BCUT2D eigenvalue weighted by atomic mass is 35.5. The number of rotatable bonds is 5. The van der Waals surface area contributed by atoms with Gasteiger partial charge in [-0.2, -0.15) is 0 Å². The number of halogens is 1. The lowest BCUT2D eigenvalue weighted by atomic mass is 10.1. The van der Waals surface area contributed by atoms with E-state index in [4.69, 9.17) is 16.6 Å². The van der Waals surface area contributed by atoms with Crippen LogP contribution in [0.2, 0.25) is 5.02 Å². The summed E-state index contributed by atoms with van der Waals surface area (Å²) in [7, 11) is 0. The van der Waals surface area contributed by atoms with Crippen molar-refractivity contribution in [1.82, 2.24) is 9.88 Å². The molecule has 0 unspecified atom stereocenters. The number of anilines is 1. The zero-order valence-electron chi connectivity index (χ0n) is 17.1. The summed E-state index contributed by atoms with van der Waals surface area (Å²) < 4.78 is 0. The fraction of sp³-hybridized carbons (Fsp3) is 0.0400. The fourth-order valence-electron chi connectivity index (χ4n) is 3.61. The van der Waals surface area contributed by atoms with Crippen molar-refractivity contribution in [2.24, 2.45) is 0 Å². The summed E-state index contributed by atoms with van der Waals surface area (Å²) in [5.74, 6) is -1.38. The number of nitrogens with zero attached hydrogens (tertiary/aromatic N) is 2. The molecule has 1 N–H and O–H groups in total. The molecule has 0 spiro atoms. The van der Waals surface area contributed by atoms with Crippen molar-refractivity contribution in [3.63, 3.8) is 0 Å². The van der Waals surface area contributed by atoms with Crippen molar-refractivity contribution in [2.45, 2.75) is 0 Å². The van der Waals surface area contributed by atoms with Gasteiger partial charge in [0.2, 0.25) is 5.91 Å². The molecule has 5 rings (SSSR count). The summed E-state index contributed by atoms with van der Waals surface area (Å²) in [6.07, 6.45) is 0. The van der Waals surface area contributed by atoms with Gasteiger partial charge >= 0.3 is 0 Å². The van der Waals surface area contributed by atoms with Crippen LogP contribution in [0.5, 0.6) is 0 Å². The minimum Gasteiger partial charge on any atom is -0.325 e. The quantitative estimate of drug-likeness (QED) is 0.395. The van der Waals surface area contributed by atoms with E-state index in [9.17, 15) is 14.4 Å². The number of carbonyl (C=O) groups is 3. The van der Waals surface area contributed by atoms with Crippen molar-refractivity contribution in [2.75, 3.05) is 11.9 Å². The summed E-state index contributed by atoms with van der Waals surface area (Å²) in [5.41, 5.74) is 3.78. The van der Waals surface area contributed by atoms with E-state index >= 15 is 0 Å². The van der Waals surface area contributed by atoms with Gasteiger partial charge in [-0.05, 0) is 36.4 Å². The van der Waals surface area contributed by atoms with Gasteiger partial charge in [0.05, 0.1) is 16.8 Å². The first-order chi connectivity index (χ1) is 16.0. The fourth-order valence-corrected chi connectivity index (χ4v) is 4.58. The van der Waals surface area contributed by atoms with E-state index in [-0.39, 0.29) is 6.54 Å². The van der Waals surface area contributed by atoms with Crippen LogP contribution in [-0.2, 0) is 4.79 Å². The van der Waals surface area contributed by atoms with E-state index < -0.39 is 17.7 Å². The Bertz CT molecular complexity index is 1360. The summed E-state index contributed by atoms with van der Waals surface area (Å²) >= 11 is 7.48. The van der Waals surface area contributed by atoms with Gasteiger partial charge in [-0.15, -0.1) is 11.3 Å². The minimum atomic E-state index is -0.461. The molecule has 1 aliphatic heterocycles. The summed E-state index contributed by atoms with van der Waals surface area (Å²) in [6, 6.07) is 21.3. The summed E-state index contributed by atoms with van der Waals surface area (Å²) in [6.45, 7) is -0.353. The number of carbonyl (C=O) groups excluding carboxylic acids is 3. The van der Waals surface area contributed by atoms with Crippen molar-refractivity contribution in [1.29, 1.82) is 0 Å². The molecule has 0 aliphatic carbocycles. The third-order valence-electron chi connectivity index (χ3n) is 5.22. The monoisotopic (exact) mass is 473 g/mol. The van der Waals surface area contributed by atoms with Crippen LogP contribution >= 0.6 is 22.9 Å². The molecular formula is C25H16ClN3O3S. The van der Waals surface area contributed by atoms with Crippen molar-refractivity contribution in [3.05, 3.63) is 94.3 Å². The number of nitrogens with one attached hydrogen (secondary N) is 1. The first-order valence-corrected chi connectivity index (χ1v) is 11.3. The van der Waals surface area contributed by atoms with Gasteiger partial charge in [-0.3, -0.25) is 19.3 Å². The molecule has 0 fully saturated rings. The molecule has 162 valence electrons. The Hall–Kier alpha value is -3.81. The van der Waals surface area contributed by atoms with Crippen LogP contribution in [0.1, 0.15) is 20.7 Å². The second-order valence-corrected chi connectivity index (χ2v) is 8.71. The average molecular weight is 474 g/mol. The number of fused-ring (bicyclic) bond motifs is 1. The standard InChI is InChI=1S/C25H16ClN3O3S/c26-17-10-8-15(9-11-17)23-28-21(14-33-23)16-4-3-5-18(12-16)27-22(30)13-29-24(31)19-6-1-2-7-20(19)25(29)32/h1-12,14H,13H2,(H,27,30). The van der Waals surface area contributed by atoms with Crippen LogP contribution < -0.4 is 5.32 Å². The maximum Gasteiger partial charge on any atom is 0.262 e. The van der Waals surface area contributed by atoms with Gasteiger partial charge in [-0.1, -0.05) is 48.0 Å². The minimum absolute atomic E-state index is 0.317. The first-order valence-electron chi connectivity index (χ1n) is 10.1. The molecule has 3 amide bonds. The molecule has 0 bridgehead atoms. The van der Waals surface area contributed by atoms with Crippen LogP contribution in [0.25, 0.3) is 21.8 Å². The van der Waals surface area contributed by atoms with E-state index in [1.54, 1.807) is 36.4 Å². The van der Waals surface area contributed by atoms with Gasteiger partial charge in [-0.25, -0.2) is 4.98 Å². The van der Waals surface area contributed by atoms with Gasteiger partial charge < -0.3 is 5.32 Å². The molecule has 8 heteroatoms. The topological polar surface area (TPSA) is 79.4 Å². The van der Waals surface area contributed by atoms with E-state index in [1.807, 2.05) is 41.8 Å². The van der Waals surface area contributed by atoms with Gasteiger partial charge in [0.25, 0.3) is 11.8 Å². The van der Waals surface area contributed by atoms with Crippen LogP contribution in [0.4, 0.5) is 5.69 Å². The van der Waals surface area contributed by atoms with Gasteiger partial charge in [0, 0.05) is 27.2 Å². The number of hydrogen-bond donors (Lipinski definition) is 1. The Labute approximate surface area is 198 Å². The molecule has 3 aromatic carbocycles. The zero-order chi connectivity index (χ0) is 22.9. The Morgan fingerprint density at radius 2 is 1.61 bits per heavy atom. The first kappa shape index (κ1) is 21.1. The smallest absolute Gasteiger partial charge is 0.262 e.